The summed E-state index contributed by atoms with van der Waals surface area (Å²) in [5.41, 5.74) is 0.705. The van der Waals surface area contributed by atoms with Crippen LogP contribution in [0.15, 0.2) is 58.3 Å². The van der Waals surface area contributed by atoms with E-state index < -0.39 is 69.8 Å². The maximum Gasteiger partial charge on any atom is 0.324 e. The van der Waals surface area contributed by atoms with Gasteiger partial charge in [0.1, 0.15) is 34.3 Å². The SMILES string of the molecule is [B]c1ccc(S(=O)(=O)N(CC(=O)OC)C(CO)C(=O)O)cc1.[B]c1ccc(S(=O)(=O)NC(CO)C(=O)O)cc1.[W].[W]. The zero-order valence-electron chi connectivity index (χ0n) is 21.2. The fourth-order valence-electron chi connectivity index (χ4n) is 2.69. The van der Waals surface area contributed by atoms with Crippen molar-refractivity contribution >= 4 is 64.6 Å². The molecular weight excluding hydrogens is 926 g/mol. The van der Waals surface area contributed by atoms with E-state index in [1.807, 2.05) is 4.72 Å². The van der Waals surface area contributed by atoms with Crippen molar-refractivity contribution in [2.24, 2.45) is 0 Å². The number of benzene rings is 2. The summed E-state index contributed by atoms with van der Waals surface area (Å²) in [7, 11) is 3.57. The van der Waals surface area contributed by atoms with Crippen LogP contribution in [-0.2, 0) is 81.3 Å². The summed E-state index contributed by atoms with van der Waals surface area (Å²) in [6.45, 7) is -2.68. The Hall–Kier alpha value is -1.90. The number of aliphatic hydroxyl groups is 2. The molecule has 2 atom stereocenters. The normalized spacial score (nSPS) is 12.4. The van der Waals surface area contributed by atoms with Gasteiger partial charge in [-0.25, -0.2) is 16.8 Å². The first-order chi connectivity index (χ1) is 18.1. The smallest absolute Gasteiger partial charge is 0.324 e. The molecule has 0 aliphatic carbocycles. The van der Waals surface area contributed by atoms with E-state index >= 15 is 0 Å². The number of carboxylic acid groups (broad SMARTS) is 2. The first-order valence-corrected chi connectivity index (χ1v) is 13.5. The molecule has 0 heterocycles. The van der Waals surface area contributed by atoms with Crippen molar-refractivity contribution in [2.45, 2.75) is 21.9 Å². The maximum atomic E-state index is 12.5. The van der Waals surface area contributed by atoms with E-state index in [9.17, 15) is 31.2 Å². The van der Waals surface area contributed by atoms with Gasteiger partial charge in [0, 0.05) is 42.1 Å². The Morgan fingerprint density at radius 1 is 0.829 bits per heavy atom. The Kier molecular flexibility index (Phi) is 18.7. The molecule has 4 radical (unpaired) electrons. The van der Waals surface area contributed by atoms with E-state index in [1.54, 1.807) is 0 Å². The number of sulfonamides is 2. The van der Waals surface area contributed by atoms with Crippen LogP contribution in [-0.4, -0.2) is 114 Å². The Balaban J connectivity index is 0. The molecule has 0 fully saturated rings. The van der Waals surface area contributed by atoms with Gasteiger partial charge in [0.15, 0.2) is 0 Å². The second-order valence-corrected chi connectivity index (χ2v) is 11.1. The van der Waals surface area contributed by atoms with E-state index in [1.165, 1.54) is 48.5 Å². The van der Waals surface area contributed by atoms with Crippen molar-refractivity contribution in [3.8, 4) is 0 Å². The van der Waals surface area contributed by atoms with E-state index in [0.29, 0.717) is 15.2 Å². The Morgan fingerprint density at radius 3 is 1.61 bits per heavy atom. The molecule has 2 aromatic carbocycles. The average Bonchev–Trinajstić information content (AvgIpc) is 2.87. The summed E-state index contributed by atoms with van der Waals surface area (Å²) in [4.78, 5) is 32.7. The molecule has 0 aliphatic heterocycles. The summed E-state index contributed by atoms with van der Waals surface area (Å²) >= 11 is 0. The molecule has 5 N–H and O–H groups in total. The molecule has 0 saturated heterocycles. The van der Waals surface area contributed by atoms with Crippen molar-refractivity contribution in [1.29, 1.82) is 0 Å². The molecule has 0 aromatic heterocycles. The van der Waals surface area contributed by atoms with Gasteiger partial charge in [0.25, 0.3) is 0 Å². The van der Waals surface area contributed by atoms with E-state index in [2.05, 4.69) is 4.74 Å². The van der Waals surface area contributed by atoms with Crippen molar-refractivity contribution < 1.29 is 98.5 Å². The number of esters is 1. The average molecular weight is 950 g/mol. The molecule has 0 amide bonds. The van der Waals surface area contributed by atoms with Gasteiger partial charge in [0.2, 0.25) is 20.0 Å². The molecule has 0 spiro atoms. The molecule has 220 valence electrons. The van der Waals surface area contributed by atoms with Gasteiger partial charge in [-0.1, -0.05) is 35.2 Å². The fraction of sp³-hybridized carbons (Fsp3) is 0.286. The number of aliphatic hydroxyl groups excluding tert-OH is 2. The first-order valence-electron chi connectivity index (χ1n) is 10.6. The van der Waals surface area contributed by atoms with Crippen molar-refractivity contribution in [1.82, 2.24) is 9.03 Å². The second kappa shape index (κ2) is 18.6. The van der Waals surface area contributed by atoms with Gasteiger partial charge in [-0.3, -0.25) is 14.4 Å². The van der Waals surface area contributed by atoms with E-state index in [0.717, 1.165) is 7.11 Å². The zero-order chi connectivity index (χ0) is 30.0. The van der Waals surface area contributed by atoms with Crippen LogP contribution >= 0.6 is 0 Å². The van der Waals surface area contributed by atoms with Gasteiger partial charge in [-0.05, 0) is 24.3 Å². The fourth-order valence-corrected chi connectivity index (χ4v) is 5.39. The third-order valence-electron chi connectivity index (χ3n) is 4.77. The summed E-state index contributed by atoms with van der Waals surface area (Å²) in [5.74, 6) is -4.00. The number of hydrogen-bond acceptors (Lipinski definition) is 10. The molecule has 41 heavy (non-hydrogen) atoms. The number of methoxy groups -OCH3 is 1. The minimum Gasteiger partial charge on any atom is -0.480 e. The zero-order valence-corrected chi connectivity index (χ0v) is 28.7. The summed E-state index contributed by atoms with van der Waals surface area (Å²) < 4.78 is 55.0. The van der Waals surface area contributed by atoms with Crippen LogP contribution < -0.4 is 15.6 Å². The van der Waals surface area contributed by atoms with Crippen LogP contribution in [0.5, 0.6) is 0 Å². The van der Waals surface area contributed by atoms with Gasteiger partial charge in [0.05, 0.1) is 30.1 Å². The van der Waals surface area contributed by atoms with E-state index in [-0.39, 0.29) is 51.9 Å². The number of hydrogen-bond donors (Lipinski definition) is 5. The Bertz CT molecular complexity index is 1360. The molecule has 0 saturated carbocycles. The summed E-state index contributed by atoms with van der Waals surface area (Å²) in [6.07, 6.45) is 0. The molecule has 2 rings (SSSR count). The number of aliphatic carboxylic acids is 2. The van der Waals surface area contributed by atoms with Crippen molar-refractivity contribution in [3.05, 3.63) is 48.5 Å². The molecule has 20 heteroatoms. The standard InChI is InChI=1S/C12H14BNO7S.C9H10BNO5S.2W/c1-21-11(16)6-14(10(7-15)12(17)18)22(19,20)9-4-2-8(13)3-5-9;10-6-1-3-7(4-2-6)17(15,16)11-8(5-12)9(13)14;;/h2-5,10,15H,6-7H2,1H3,(H,17,18);1-4,8,11-12H,5H2,(H,13,14);;. The molecule has 0 aliphatic rings. The number of ether oxygens (including phenoxy) is 1. The number of carbonyl (C=O) groups excluding carboxylic acids is 1. The summed E-state index contributed by atoms with van der Waals surface area (Å²) in [5, 5.41) is 35.5. The second-order valence-electron chi connectivity index (χ2n) is 7.50. The number of nitrogens with zero attached hydrogens (tertiary/aromatic N) is 1. The number of rotatable bonds is 12. The van der Waals surface area contributed by atoms with Gasteiger partial charge >= 0.3 is 17.9 Å². The van der Waals surface area contributed by atoms with Gasteiger partial charge < -0.3 is 25.2 Å². The quantitative estimate of drug-likeness (QED) is 0.103. The molecule has 0 bridgehead atoms. The number of carbonyl (C=O) groups is 3. The molecule has 2 unspecified atom stereocenters. The minimum atomic E-state index is -4.34. The molecule has 2 aromatic rings. The first kappa shape index (κ1) is 41.2. The number of nitrogens with one attached hydrogen (secondary N) is 1. The molecular formula is C21H24B2N2O12S2W2. The largest absolute Gasteiger partial charge is 0.480 e. The van der Waals surface area contributed by atoms with Crippen LogP contribution in [0.3, 0.4) is 0 Å². The topological polar surface area (TPSA) is 225 Å². The predicted octanol–water partition coefficient (Wildman–Crippen LogP) is -3.71. The summed E-state index contributed by atoms with van der Waals surface area (Å²) in [6, 6.07) is 6.83. The maximum absolute atomic E-state index is 12.5. The van der Waals surface area contributed by atoms with Crippen molar-refractivity contribution in [3.63, 3.8) is 0 Å². The van der Waals surface area contributed by atoms with Crippen LogP contribution in [0.25, 0.3) is 0 Å². The molecule has 14 nitrogen and oxygen atoms in total. The van der Waals surface area contributed by atoms with Crippen LogP contribution in [0.2, 0.25) is 0 Å². The van der Waals surface area contributed by atoms with Crippen molar-refractivity contribution in [2.75, 3.05) is 26.9 Å². The minimum absolute atomic E-state index is 0. The monoisotopic (exact) mass is 950 g/mol. The van der Waals surface area contributed by atoms with E-state index in [4.69, 9.17) is 36.1 Å². The predicted molar refractivity (Wildman–Crippen MR) is 137 cm³/mol. The number of carboxylic acids is 2. The Morgan fingerprint density at radius 2 is 1.27 bits per heavy atom. The van der Waals surface area contributed by atoms with Crippen LogP contribution in [0.4, 0.5) is 0 Å². The third kappa shape index (κ3) is 12.5. The Labute approximate surface area is 267 Å². The van der Waals surface area contributed by atoms with Crippen LogP contribution in [0, 0.1) is 0 Å². The van der Waals surface area contributed by atoms with Crippen LogP contribution in [0.1, 0.15) is 0 Å². The van der Waals surface area contributed by atoms with Gasteiger partial charge in [-0.2, -0.15) is 9.03 Å². The van der Waals surface area contributed by atoms with Gasteiger partial charge in [-0.15, -0.1) is 0 Å². The third-order valence-corrected chi connectivity index (χ3v) is 8.13.